The molecule has 0 spiro atoms. The van der Waals surface area contributed by atoms with E-state index in [4.69, 9.17) is 16.6 Å². The molecule has 0 saturated carbocycles. The molecule has 2 rings (SSSR count). The van der Waals surface area contributed by atoms with Crippen molar-refractivity contribution in [3.63, 3.8) is 0 Å². The van der Waals surface area contributed by atoms with Gasteiger partial charge >= 0.3 is 0 Å². The van der Waals surface area contributed by atoms with Crippen molar-refractivity contribution in [1.82, 2.24) is 10.3 Å². The van der Waals surface area contributed by atoms with Crippen molar-refractivity contribution in [2.75, 3.05) is 6.54 Å². The fraction of sp³-hybridized carbons (Fsp3) is 0.452. The zero-order chi connectivity index (χ0) is 25.4. The van der Waals surface area contributed by atoms with Crippen molar-refractivity contribution in [3.8, 4) is 0 Å². The average Bonchev–Trinajstić information content (AvgIpc) is 2.75. The minimum Gasteiger partial charge on any atom is -0.314 e. The summed E-state index contributed by atoms with van der Waals surface area (Å²) in [6, 6.07) is 6.57. The maximum atomic E-state index is 6.34. The number of nitrogens with one attached hydrogen (secondary N) is 1. The first kappa shape index (κ1) is 28.1. The van der Waals surface area contributed by atoms with E-state index in [1.54, 1.807) is 0 Å². The van der Waals surface area contributed by atoms with Crippen molar-refractivity contribution in [2.24, 2.45) is 0 Å². The van der Waals surface area contributed by atoms with Gasteiger partial charge in [0.05, 0.1) is 0 Å². The highest BCUT2D eigenvalue weighted by Crippen LogP contribution is 2.34. The second-order valence-electron chi connectivity index (χ2n) is 9.98. The maximum Gasteiger partial charge on any atom is 0.0450 e. The highest BCUT2D eigenvalue weighted by molar-refractivity contribution is 6.30. The Bertz CT molecular complexity index is 1050. The quantitative estimate of drug-likeness (QED) is 0.308. The number of nitrogens with zero attached hydrogens (tertiary/aromatic N) is 1. The fourth-order valence-corrected chi connectivity index (χ4v) is 4.85. The van der Waals surface area contributed by atoms with Gasteiger partial charge in [0.2, 0.25) is 0 Å². The molecule has 34 heavy (non-hydrogen) atoms. The highest BCUT2D eigenvalue weighted by atomic mass is 35.5. The molecule has 1 unspecified atom stereocenters. The van der Waals surface area contributed by atoms with Crippen LogP contribution in [0.3, 0.4) is 0 Å². The molecule has 2 nitrogen and oxygen atoms in total. The van der Waals surface area contributed by atoms with Crippen LogP contribution in [0.1, 0.15) is 86.4 Å². The normalized spacial score (nSPS) is 13.6. The van der Waals surface area contributed by atoms with E-state index in [0.29, 0.717) is 6.04 Å². The second kappa shape index (κ2) is 13.1. The second-order valence-corrected chi connectivity index (χ2v) is 10.4. The molecule has 2 aromatic rings. The van der Waals surface area contributed by atoms with E-state index >= 15 is 0 Å². The van der Waals surface area contributed by atoms with E-state index in [-0.39, 0.29) is 5.92 Å². The third kappa shape index (κ3) is 7.96. The highest BCUT2D eigenvalue weighted by Gasteiger charge is 2.18. The molecule has 0 bridgehead atoms. The molecule has 184 valence electrons. The van der Waals surface area contributed by atoms with Crippen molar-refractivity contribution in [2.45, 2.75) is 86.1 Å². The number of pyridine rings is 1. The van der Waals surface area contributed by atoms with E-state index in [2.05, 4.69) is 85.1 Å². The number of rotatable bonds is 12. The van der Waals surface area contributed by atoms with Crippen molar-refractivity contribution in [3.05, 3.63) is 93.3 Å². The molecule has 1 N–H and O–H groups in total. The number of aryl methyl sites for hydroxylation is 3. The lowest BCUT2D eigenvalue weighted by atomic mass is 9.85. The number of hydrogen-bond donors (Lipinski definition) is 1. The van der Waals surface area contributed by atoms with Crippen LogP contribution in [-0.2, 0) is 6.42 Å². The summed E-state index contributed by atoms with van der Waals surface area (Å²) in [5, 5.41) is 4.36. The number of aromatic nitrogens is 1. The molecule has 0 aliphatic heterocycles. The van der Waals surface area contributed by atoms with Crippen LogP contribution in [0.4, 0.5) is 0 Å². The van der Waals surface area contributed by atoms with E-state index < -0.39 is 0 Å². The van der Waals surface area contributed by atoms with Gasteiger partial charge in [-0.25, -0.2) is 0 Å². The van der Waals surface area contributed by atoms with Gasteiger partial charge in [0.25, 0.3) is 0 Å². The fourth-order valence-electron chi connectivity index (χ4n) is 4.67. The molecule has 0 aliphatic carbocycles. The Kier molecular flexibility index (Phi) is 10.8. The topological polar surface area (TPSA) is 24.9 Å². The van der Waals surface area contributed by atoms with Gasteiger partial charge < -0.3 is 5.32 Å². The lowest BCUT2D eigenvalue weighted by molar-refractivity contribution is 0.539. The molecule has 3 heteroatoms. The number of halogens is 1. The molecular formula is C31H43ClN2. The predicted molar refractivity (Wildman–Crippen MR) is 151 cm³/mol. The zero-order valence-electron chi connectivity index (χ0n) is 22.3. The van der Waals surface area contributed by atoms with E-state index in [9.17, 15) is 0 Å². The van der Waals surface area contributed by atoms with Crippen LogP contribution in [0.5, 0.6) is 0 Å². The molecule has 0 fully saturated rings. The summed E-state index contributed by atoms with van der Waals surface area (Å²) in [4.78, 5) is 4.75. The van der Waals surface area contributed by atoms with Crippen molar-refractivity contribution in [1.29, 1.82) is 0 Å². The van der Waals surface area contributed by atoms with Gasteiger partial charge in [0.1, 0.15) is 0 Å². The van der Waals surface area contributed by atoms with Gasteiger partial charge in [-0.1, -0.05) is 61.9 Å². The van der Waals surface area contributed by atoms with Crippen LogP contribution < -0.4 is 5.32 Å². The van der Waals surface area contributed by atoms with Crippen molar-refractivity contribution < 1.29 is 0 Å². The summed E-state index contributed by atoms with van der Waals surface area (Å²) in [6.07, 6.45) is 8.18. The van der Waals surface area contributed by atoms with E-state index in [1.807, 2.05) is 12.3 Å². The largest absolute Gasteiger partial charge is 0.314 e. The molecule has 1 heterocycles. The predicted octanol–water partition coefficient (Wildman–Crippen LogP) is 8.69. The first-order valence-corrected chi connectivity index (χ1v) is 12.9. The molecule has 0 saturated heterocycles. The number of hydrogen-bond acceptors (Lipinski definition) is 2. The van der Waals surface area contributed by atoms with Crippen LogP contribution in [0.2, 0.25) is 5.02 Å². The van der Waals surface area contributed by atoms with E-state index in [0.717, 1.165) is 48.5 Å². The standard InChI is InChI=1S/C31H43ClN2/c1-10-13-33-25(8)15-21(4)16-30-24(7)19-34-26(9)31(30)27(14-20(2)3)17-23(6)29-18-28(32)12-11-22(29)5/h11-12,17-19,23,25,33H,2,4,10,13-16H2,1,3,5-9H3/b27-17-/t23?,25-/m1/s1. The Balaban J connectivity index is 2.50. The summed E-state index contributed by atoms with van der Waals surface area (Å²) in [5.41, 5.74) is 11.1. The Morgan fingerprint density at radius 1 is 1.15 bits per heavy atom. The monoisotopic (exact) mass is 478 g/mol. The third-order valence-corrected chi connectivity index (χ3v) is 6.59. The minimum absolute atomic E-state index is 0.224. The van der Waals surface area contributed by atoms with Crippen molar-refractivity contribution >= 4 is 17.2 Å². The van der Waals surface area contributed by atoms with Crippen LogP contribution in [-0.4, -0.2) is 17.6 Å². The Labute approximate surface area is 213 Å². The third-order valence-electron chi connectivity index (χ3n) is 6.35. The summed E-state index contributed by atoms with van der Waals surface area (Å²) in [7, 11) is 0. The minimum atomic E-state index is 0.224. The Morgan fingerprint density at radius 2 is 1.85 bits per heavy atom. The average molecular weight is 479 g/mol. The number of allylic oxidation sites excluding steroid dienone is 3. The summed E-state index contributed by atoms with van der Waals surface area (Å²) < 4.78 is 0. The maximum absolute atomic E-state index is 6.34. The lowest BCUT2D eigenvalue weighted by Crippen LogP contribution is -2.27. The Morgan fingerprint density at radius 3 is 2.50 bits per heavy atom. The van der Waals surface area contributed by atoms with Crippen LogP contribution in [0.25, 0.3) is 5.57 Å². The van der Waals surface area contributed by atoms with Gasteiger partial charge in [-0.2, -0.15) is 0 Å². The smallest absolute Gasteiger partial charge is 0.0450 e. The van der Waals surface area contributed by atoms with Gasteiger partial charge in [-0.3, -0.25) is 4.98 Å². The van der Waals surface area contributed by atoms with Gasteiger partial charge in [0.15, 0.2) is 0 Å². The molecule has 0 aliphatic rings. The summed E-state index contributed by atoms with van der Waals surface area (Å²) >= 11 is 6.34. The molecule has 1 aromatic heterocycles. The van der Waals surface area contributed by atoms with Crippen LogP contribution >= 0.6 is 11.6 Å². The van der Waals surface area contributed by atoms with Crippen LogP contribution in [0.15, 0.2) is 54.8 Å². The molecular weight excluding hydrogens is 436 g/mol. The zero-order valence-corrected chi connectivity index (χ0v) is 23.1. The summed E-state index contributed by atoms with van der Waals surface area (Å²) in [6.45, 7) is 24.9. The molecule has 1 aromatic carbocycles. The Hall–Kier alpha value is -2.16. The van der Waals surface area contributed by atoms with Gasteiger partial charge in [-0.05, 0) is 113 Å². The SMILES string of the molecule is C=C(C)C/C(=C/C(C)c1cc(Cl)ccc1C)c1c(C)ncc(C)c1CC(=C)C[C@@H](C)NCCC. The first-order valence-electron chi connectivity index (χ1n) is 12.5. The lowest BCUT2D eigenvalue weighted by Gasteiger charge is -2.22. The first-order chi connectivity index (χ1) is 16.0. The summed E-state index contributed by atoms with van der Waals surface area (Å²) in [5.74, 6) is 0.224. The van der Waals surface area contributed by atoms with Gasteiger partial charge in [-0.15, -0.1) is 0 Å². The number of benzene rings is 1. The van der Waals surface area contributed by atoms with Gasteiger partial charge in [0, 0.05) is 28.5 Å². The molecule has 0 radical (unpaired) electrons. The van der Waals surface area contributed by atoms with Crippen LogP contribution in [0, 0.1) is 20.8 Å². The molecule has 2 atom stereocenters. The van der Waals surface area contributed by atoms with E-state index in [1.165, 1.54) is 39.0 Å². The molecule has 0 amide bonds.